The fourth-order valence-electron chi connectivity index (χ4n) is 2.30. The third kappa shape index (κ3) is 3.04. The van der Waals surface area contributed by atoms with E-state index in [1.165, 1.54) is 6.20 Å². The van der Waals surface area contributed by atoms with E-state index in [0.717, 1.165) is 0 Å². The highest BCUT2D eigenvalue weighted by molar-refractivity contribution is 6.40. The Balaban J connectivity index is 2.01. The second-order valence-electron chi connectivity index (χ2n) is 5.02. The zero-order valence-electron chi connectivity index (χ0n) is 12.2. The number of para-hydroxylation sites is 1. The van der Waals surface area contributed by atoms with Gasteiger partial charge in [0, 0.05) is 11.6 Å². The maximum absolute atomic E-state index is 12.5. The molecule has 7 heteroatoms. The number of anilines is 1. The first-order valence-corrected chi connectivity index (χ1v) is 7.67. The van der Waals surface area contributed by atoms with Crippen molar-refractivity contribution in [2.45, 2.75) is 0 Å². The van der Waals surface area contributed by atoms with Gasteiger partial charge in [0.25, 0.3) is 5.91 Å². The molecule has 0 radical (unpaired) electrons. The molecule has 5 nitrogen and oxygen atoms in total. The van der Waals surface area contributed by atoms with E-state index in [-0.39, 0.29) is 15.6 Å². The number of benzene rings is 2. The first kappa shape index (κ1) is 16.2. The van der Waals surface area contributed by atoms with Crippen LogP contribution >= 0.6 is 23.2 Å². The predicted octanol–water partition coefficient (Wildman–Crippen LogP) is 3.89. The zero-order valence-corrected chi connectivity index (χ0v) is 13.7. The highest BCUT2D eigenvalue weighted by Gasteiger charge is 2.16. The van der Waals surface area contributed by atoms with Crippen LogP contribution in [0, 0.1) is 0 Å². The molecule has 120 valence electrons. The van der Waals surface area contributed by atoms with E-state index in [0.29, 0.717) is 22.2 Å². The van der Waals surface area contributed by atoms with Crippen LogP contribution in [0.15, 0.2) is 48.7 Å². The topological polar surface area (TPSA) is 85.1 Å². The van der Waals surface area contributed by atoms with Gasteiger partial charge in [-0.05, 0) is 24.3 Å². The fraction of sp³-hybridized carbons (Fsp3) is 0. The van der Waals surface area contributed by atoms with Crippen molar-refractivity contribution >= 4 is 51.6 Å². The number of fused-ring (bicyclic) bond motifs is 1. The molecule has 0 fully saturated rings. The van der Waals surface area contributed by atoms with Crippen LogP contribution < -0.4 is 11.1 Å². The molecule has 1 aromatic heterocycles. The van der Waals surface area contributed by atoms with Crippen molar-refractivity contribution in [3.05, 3.63) is 69.8 Å². The minimum Gasteiger partial charge on any atom is -0.366 e. The lowest BCUT2D eigenvalue weighted by Crippen LogP contribution is -2.14. The van der Waals surface area contributed by atoms with Gasteiger partial charge in [0.1, 0.15) is 0 Å². The van der Waals surface area contributed by atoms with E-state index in [4.69, 9.17) is 28.9 Å². The summed E-state index contributed by atoms with van der Waals surface area (Å²) in [4.78, 5) is 28.0. The van der Waals surface area contributed by atoms with Gasteiger partial charge in [0.05, 0.1) is 32.4 Å². The van der Waals surface area contributed by atoms with Gasteiger partial charge in [-0.25, -0.2) is 0 Å². The monoisotopic (exact) mass is 359 g/mol. The highest BCUT2D eigenvalue weighted by atomic mass is 35.5. The van der Waals surface area contributed by atoms with Gasteiger partial charge in [-0.2, -0.15) is 0 Å². The number of hydrogen-bond acceptors (Lipinski definition) is 3. The summed E-state index contributed by atoms with van der Waals surface area (Å²) >= 11 is 12.1. The van der Waals surface area contributed by atoms with E-state index in [9.17, 15) is 9.59 Å². The van der Waals surface area contributed by atoms with Crippen LogP contribution in [-0.4, -0.2) is 16.8 Å². The van der Waals surface area contributed by atoms with Crippen LogP contribution in [0.1, 0.15) is 20.7 Å². The fourth-order valence-corrected chi connectivity index (χ4v) is 2.87. The third-order valence-electron chi connectivity index (χ3n) is 3.43. The van der Waals surface area contributed by atoms with Crippen molar-refractivity contribution in [1.29, 1.82) is 0 Å². The summed E-state index contributed by atoms with van der Waals surface area (Å²) < 4.78 is 0. The molecule has 0 atom stereocenters. The van der Waals surface area contributed by atoms with Crippen molar-refractivity contribution in [2.24, 2.45) is 5.73 Å². The first-order valence-electron chi connectivity index (χ1n) is 6.91. The summed E-state index contributed by atoms with van der Waals surface area (Å²) in [5.41, 5.74) is 6.74. The molecule has 1 heterocycles. The molecule has 0 bridgehead atoms. The molecular weight excluding hydrogens is 349 g/mol. The number of halogens is 2. The van der Waals surface area contributed by atoms with Crippen LogP contribution in [-0.2, 0) is 0 Å². The Labute approximate surface area is 147 Å². The summed E-state index contributed by atoms with van der Waals surface area (Å²) in [6.07, 6.45) is 1.36. The minimum atomic E-state index is -0.568. The highest BCUT2D eigenvalue weighted by Crippen LogP contribution is 2.27. The normalized spacial score (nSPS) is 10.6. The molecule has 0 saturated heterocycles. The van der Waals surface area contributed by atoms with Gasteiger partial charge in [0.15, 0.2) is 0 Å². The predicted molar refractivity (Wildman–Crippen MR) is 94.7 cm³/mol. The molecule has 3 rings (SSSR count). The van der Waals surface area contributed by atoms with Crippen LogP contribution in [0.4, 0.5) is 5.69 Å². The number of nitrogens with two attached hydrogens (primary N) is 1. The van der Waals surface area contributed by atoms with Crippen LogP contribution in [0.2, 0.25) is 10.0 Å². The number of carbonyl (C=O) groups excluding carboxylic acids is 2. The second kappa shape index (κ2) is 6.47. The van der Waals surface area contributed by atoms with Gasteiger partial charge in [0.2, 0.25) is 5.91 Å². The number of rotatable bonds is 3. The lowest BCUT2D eigenvalue weighted by Gasteiger charge is -2.10. The standard InChI is InChI=1S/C17H11Cl2N3O2/c18-11-4-2-5-12(19)14(11)17(24)22-13-6-1-3-9-7-10(16(20)23)8-21-15(9)13/h1-8H,(H2,20,23)(H,22,24). The summed E-state index contributed by atoms with van der Waals surface area (Å²) in [5, 5.41) is 3.93. The largest absolute Gasteiger partial charge is 0.366 e. The number of pyridine rings is 1. The molecule has 2 aromatic carbocycles. The molecule has 0 aliphatic carbocycles. The van der Waals surface area contributed by atoms with Gasteiger partial charge >= 0.3 is 0 Å². The maximum Gasteiger partial charge on any atom is 0.258 e. The van der Waals surface area contributed by atoms with Crippen LogP contribution in [0.25, 0.3) is 10.9 Å². The number of hydrogen-bond donors (Lipinski definition) is 2. The van der Waals surface area contributed by atoms with E-state index in [1.807, 2.05) is 0 Å². The average Bonchev–Trinajstić information content (AvgIpc) is 2.54. The second-order valence-corrected chi connectivity index (χ2v) is 5.83. The quantitative estimate of drug-likeness (QED) is 0.743. The number of carbonyl (C=O) groups is 2. The number of primary amides is 1. The Hall–Kier alpha value is -2.63. The Morgan fingerprint density at radius 1 is 1.04 bits per heavy atom. The lowest BCUT2D eigenvalue weighted by molar-refractivity contribution is 0.0997. The molecule has 3 N–H and O–H groups in total. The van der Waals surface area contributed by atoms with Gasteiger partial charge in [-0.1, -0.05) is 41.4 Å². The maximum atomic E-state index is 12.5. The zero-order chi connectivity index (χ0) is 17.3. The number of nitrogens with zero attached hydrogens (tertiary/aromatic N) is 1. The molecule has 3 aromatic rings. The summed E-state index contributed by atoms with van der Waals surface area (Å²) in [6, 6.07) is 11.6. The Morgan fingerprint density at radius 2 is 1.71 bits per heavy atom. The van der Waals surface area contributed by atoms with Gasteiger partial charge in [-0.15, -0.1) is 0 Å². The number of aromatic nitrogens is 1. The van der Waals surface area contributed by atoms with Crippen molar-refractivity contribution < 1.29 is 9.59 Å². The SMILES string of the molecule is NC(=O)c1cnc2c(NC(=O)c3c(Cl)cccc3Cl)cccc2c1. The summed E-state index contributed by atoms with van der Waals surface area (Å²) in [6.45, 7) is 0. The molecule has 0 unspecified atom stereocenters. The van der Waals surface area contributed by atoms with Crippen LogP contribution in [0.3, 0.4) is 0 Å². The van der Waals surface area contributed by atoms with E-state index in [1.54, 1.807) is 42.5 Å². The van der Waals surface area contributed by atoms with Gasteiger partial charge < -0.3 is 11.1 Å². The van der Waals surface area contributed by atoms with Crippen molar-refractivity contribution in [1.82, 2.24) is 4.98 Å². The molecule has 24 heavy (non-hydrogen) atoms. The molecule has 0 spiro atoms. The summed E-state index contributed by atoms with van der Waals surface area (Å²) in [7, 11) is 0. The van der Waals surface area contributed by atoms with E-state index >= 15 is 0 Å². The third-order valence-corrected chi connectivity index (χ3v) is 4.06. The molecular formula is C17H11Cl2N3O2. The molecule has 2 amide bonds. The van der Waals surface area contributed by atoms with Gasteiger partial charge in [-0.3, -0.25) is 14.6 Å². The Kier molecular flexibility index (Phi) is 4.38. The molecule has 0 aliphatic rings. The average molecular weight is 360 g/mol. The van der Waals surface area contributed by atoms with Crippen molar-refractivity contribution in [3.8, 4) is 0 Å². The Bertz CT molecular complexity index is 953. The molecule has 0 saturated carbocycles. The number of nitrogens with one attached hydrogen (secondary N) is 1. The molecule has 0 aliphatic heterocycles. The van der Waals surface area contributed by atoms with Crippen molar-refractivity contribution in [3.63, 3.8) is 0 Å². The summed E-state index contributed by atoms with van der Waals surface area (Å²) in [5.74, 6) is -1.01. The first-order chi connectivity index (χ1) is 11.5. The van der Waals surface area contributed by atoms with Crippen LogP contribution in [0.5, 0.6) is 0 Å². The van der Waals surface area contributed by atoms with Crippen molar-refractivity contribution in [2.75, 3.05) is 5.32 Å². The Morgan fingerprint density at radius 3 is 2.38 bits per heavy atom. The van der Waals surface area contributed by atoms with E-state index in [2.05, 4.69) is 10.3 Å². The number of amides is 2. The lowest BCUT2D eigenvalue weighted by atomic mass is 10.1. The smallest absolute Gasteiger partial charge is 0.258 e. The minimum absolute atomic E-state index is 0.187. The van der Waals surface area contributed by atoms with E-state index < -0.39 is 11.8 Å².